The third-order valence-corrected chi connectivity index (χ3v) is 6.46. The summed E-state index contributed by atoms with van der Waals surface area (Å²) >= 11 is 0. The highest BCUT2D eigenvalue weighted by Gasteiger charge is 2.58. The fourth-order valence-corrected chi connectivity index (χ4v) is 4.85. The van der Waals surface area contributed by atoms with Crippen molar-refractivity contribution < 1.29 is 9.32 Å². The van der Waals surface area contributed by atoms with Gasteiger partial charge >= 0.3 is 0 Å². The predicted molar refractivity (Wildman–Crippen MR) is 101 cm³/mol. The minimum absolute atomic E-state index is 0.248. The minimum atomic E-state index is -0.250. The summed E-state index contributed by atoms with van der Waals surface area (Å²) in [5.74, 6) is 2.25. The SMILES string of the molecule is Cc1noc([C@]23CN(Cc4cnn(C(C)C)c4)C[C@H]2CN(C(=O)C2CC2)C3)n1. The molecule has 1 saturated carbocycles. The molecular weight excluding hydrogens is 356 g/mol. The highest BCUT2D eigenvalue weighted by atomic mass is 16.5. The first-order chi connectivity index (χ1) is 13.4. The van der Waals surface area contributed by atoms with E-state index < -0.39 is 0 Å². The van der Waals surface area contributed by atoms with Crippen molar-refractivity contribution in [3.05, 3.63) is 29.7 Å². The van der Waals surface area contributed by atoms with E-state index in [4.69, 9.17) is 4.52 Å². The summed E-state index contributed by atoms with van der Waals surface area (Å²) < 4.78 is 7.65. The van der Waals surface area contributed by atoms with Crippen LogP contribution < -0.4 is 0 Å². The Kier molecular flexibility index (Phi) is 4.08. The normalized spacial score (nSPS) is 27.7. The molecule has 150 valence electrons. The van der Waals surface area contributed by atoms with Gasteiger partial charge in [-0.25, -0.2) is 0 Å². The van der Waals surface area contributed by atoms with Crippen LogP contribution in [0.4, 0.5) is 0 Å². The van der Waals surface area contributed by atoms with E-state index in [-0.39, 0.29) is 11.3 Å². The molecule has 0 aromatic carbocycles. The number of hydrogen-bond donors (Lipinski definition) is 0. The number of carbonyl (C=O) groups excluding carboxylic acids is 1. The van der Waals surface area contributed by atoms with Gasteiger partial charge in [-0.3, -0.25) is 14.4 Å². The van der Waals surface area contributed by atoms with E-state index in [9.17, 15) is 4.79 Å². The van der Waals surface area contributed by atoms with Crippen LogP contribution in [0.25, 0.3) is 0 Å². The summed E-state index contributed by atoms with van der Waals surface area (Å²) in [7, 11) is 0. The molecule has 3 fully saturated rings. The van der Waals surface area contributed by atoms with E-state index in [1.807, 2.05) is 17.8 Å². The Morgan fingerprint density at radius 1 is 1.32 bits per heavy atom. The molecule has 28 heavy (non-hydrogen) atoms. The lowest BCUT2D eigenvalue weighted by Gasteiger charge is -2.26. The molecule has 2 aromatic heterocycles. The lowest BCUT2D eigenvalue weighted by Crippen LogP contribution is -2.40. The molecule has 2 aliphatic heterocycles. The van der Waals surface area contributed by atoms with Gasteiger partial charge in [-0.2, -0.15) is 10.1 Å². The van der Waals surface area contributed by atoms with E-state index in [0.29, 0.717) is 36.1 Å². The van der Waals surface area contributed by atoms with Crippen molar-refractivity contribution in [2.45, 2.75) is 51.6 Å². The molecule has 2 saturated heterocycles. The molecule has 0 radical (unpaired) electrons. The zero-order valence-electron chi connectivity index (χ0n) is 16.8. The number of fused-ring (bicyclic) bond motifs is 1. The van der Waals surface area contributed by atoms with Gasteiger partial charge in [0.2, 0.25) is 11.8 Å². The van der Waals surface area contributed by atoms with Crippen LogP contribution in [0.1, 0.15) is 50.0 Å². The van der Waals surface area contributed by atoms with Gasteiger partial charge < -0.3 is 9.42 Å². The van der Waals surface area contributed by atoms with Gasteiger partial charge in [0, 0.05) is 62.4 Å². The van der Waals surface area contributed by atoms with Crippen molar-refractivity contribution in [1.82, 2.24) is 29.7 Å². The summed E-state index contributed by atoms with van der Waals surface area (Å²) in [5.41, 5.74) is 0.969. The van der Waals surface area contributed by atoms with E-state index >= 15 is 0 Å². The third-order valence-electron chi connectivity index (χ3n) is 6.46. The van der Waals surface area contributed by atoms with Crippen LogP contribution in [-0.2, 0) is 16.8 Å². The predicted octanol–water partition coefficient (Wildman–Crippen LogP) is 1.78. The van der Waals surface area contributed by atoms with Gasteiger partial charge in [-0.05, 0) is 33.6 Å². The fraction of sp³-hybridized carbons (Fsp3) is 0.700. The first-order valence-electron chi connectivity index (χ1n) is 10.3. The van der Waals surface area contributed by atoms with Crippen LogP contribution in [0.15, 0.2) is 16.9 Å². The van der Waals surface area contributed by atoms with Crippen molar-refractivity contribution in [3.8, 4) is 0 Å². The number of aryl methyl sites for hydroxylation is 1. The number of amides is 1. The van der Waals surface area contributed by atoms with E-state index in [1.165, 1.54) is 5.56 Å². The number of carbonyl (C=O) groups is 1. The average Bonchev–Trinajstić information content (AvgIpc) is 2.96. The second-order valence-corrected chi connectivity index (χ2v) is 9.08. The standard InChI is InChI=1S/C20H28N6O2/c1-13(2)26-8-15(6-21-26)7-24-9-17-10-25(18(27)16-4-5-16)12-20(17,11-24)19-22-14(3)23-28-19/h6,8,13,16-17H,4-5,7,9-12H2,1-3H3/t17-,20-/m0/s1. The quantitative estimate of drug-likeness (QED) is 0.782. The first-order valence-corrected chi connectivity index (χ1v) is 10.3. The molecule has 0 unspecified atom stereocenters. The van der Waals surface area contributed by atoms with Crippen LogP contribution in [0.5, 0.6) is 0 Å². The number of aromatic nitrogens is 4. The monoisotopic (exact) mass is 384 g/mol. The molecule has 0 spiro atoms. The molecule has 2 aromatic rings. The summed E-state index contributed by atoms with van der Waals surface area (Å²) in [6.07, 6.45) is 6.17. The molecule has 2 atom stereocenters. The molecule has 8 nitrogen and oxygen atoms in total. The number of nitrogens with zero attached hydrogens (tertiary/aromatic N) is 6. The maximum atomic E-state index is 12.7. The Hall–Kier alpha value is -2.22. The van der Waals surface area contributed by atoms with Crippen molar-refractivity contribution in [2.75, 3.05) is 26.2 Å². The maximum Gasteiger partial charge on any atom is 0.236 e. The Balaban J connectivity index is 1.37. The van der Waals surface area contributed by atoms with E-state index in [1.54, 1.807) is 0 Å². The van der Waals surface area contributed by atoms with Crippen molar-refractivity contribution in [2.24, 2.45) is 11.8 Å². The third kappa shape index (κ3) is 2.94. The summed E-state index contributed by atoms with van der Waals surface area (Å²) in [5, 5.41) is 8.51. The number of hydrogen-bond acceptors (Lipinski definition) is 6. The zero-order valence-corrected chi connectivity index (χ0v) is 16.8. The van der Waals surface area contributed by atoms with Crippen LogP contribution in [0.2, 0.25) is 0 Å². The molecule has 1 aliphatic carbocycles. The van der Waals surface area contributed by atoms with Crippen molar-refractivity contribution >= 4 is 5.91 Å². The maximum absolute atomic E-state index is 12.7. The Bertz CT molecular complexity index is 885. The highest BCUT2D eigenvalue weighted by Crippen LogP contribution is 2.46. The van der Waals surface area contributed by atoms with Crippen molar-refractivity contribution in [3.63, 3.8) is 0 Å². The van der Waals surface area contributed by atoms with Crippen LogP contribution >= 0.6 is 0 Å². The summed E-state index contributed by atoms with van der Waals surface area (Å²) in [6.45, 7) is 10.2. The number of likely N-dealkylation sites (tertiary alicyclic amines) is 2. The number of rotatable bonds is 5. The molecule has 8 heteroatoms. The molecular formula is C20H28N6O2. The second kappa shape index (κ2) is 6.40. The van der Waals surface area contributed by atoms with Gasteiger partial charge in [0.05, 0.1) is 11.6 Å². The van der Waals surface area contributed by atoms with E-state index in [2.05, 4.69) is 45.1 Å². The smallest absolute Gasteiger partial charge is 0.236 e. The minimum Gasteiger partial charge on any atom is -0.341 e. The highest BCUT2D eigenvalue weighted by molar-refractivity contribution is 5.81. The molecule has 4 heterocycles. The van der Waals surface area contributed by atoms with E-state index in [0.717, 1.165) is 39.0 Å². The Labute approximate surface area is 164 Å². The first kappa shape index (κ1) is 17.8. The van der Waals surface area contributed by atoms with Gasteiger partial charge in [0.1, 0.15) is 0 Å². The molecule has 5 rings (SSSR count). The Morgan fingerprint density at radius 2 is 2.14 bits per heavy atom. The molecule has 0 N–H and O–H groups in total. The van der Waals surface area contributed by atoms with Crippen LogP contribution in [0.3, 0.4) is 0 Å². The van der Waals surface area contributed by atoms with Crippen molar-refractivity contribution in [1.29, 1.82) is 0 Å². The Morgan fingerprint density at radius 3 is 2.79 bits per heavy atom. The van der Waals surface area contributed by atoms with Crippen LogP contribution in [0, 0.1) is 18.8 Å². The lowest BCUT2D eigenvalue weighted by molar-refractivity contribution is -0.132. The largest absolute Gasteiger partial charge is 0.341 e. The molecule has 3 aliphatic rings. The fourth-order valence-electron chi connectivity index (χ4n) is 4.85. The second-order valence-electron chi connectivity index (χ2n) is 9.08. The summed E-state index contributed by atoms with van der Waals surface area (Å²) in [4.78, 5) is 21.8. The topological polar surface area (TPSA) is 80.3 Å². The molecule has 0 bridgehead atoms. The molecule has 1 amide bonds. The van der Waals surface area contributed by atoms with Gasteiger partial charge in [0.15, 0.2) is 5.82 Å². The van der Waals surface area contributed by atoms with Crippen LogP contribution in [-0.4, -0.2) is 61.8 Å². The van der Waals surface area contributed by atoms with Gasteiger partial charge in [-0.15, -0.1) is 0 Å². The van der Waals surface area contributed by atoms with Gasteiger partial charge in [-0.1, -0.05) is 5.16 Å². The van der Waals surface area contributed by atoms with Gasteiger partial charge in [0.25, 0.3) is 0 Å². The average molecular weight is 384 g/mol. The summed E-state index contributed by atoms with van der Waals surface area (Å²) in [6, 6.07) is 0.362. The lowest BCUT2D eigenvalue weighted by atomic mass is 9.81. The zero-order chi connectivity index (χ0) is 19.5.